The summed E-state index contributed by atoms with van der Waals surface area (Å²) in [5.74, 6) is -0.322. The number of aryl methyl sites for hydroxylation is 1. The Bertz CT molecular complexity index is 426. The van der Waals surface area contributed by atoms with E-state index in [1.165, 1.54) is 11.3 Å². The van der Waals surface area contributed by atoms with Crippen molar-refractivity contribution in [2.24, 2.45) is 5.92 Å². The van der Waals surface area contributed by atoms with Crippen LogP contribution in [0.5, 0.6) is 0 Å². The molecule has 100 valence electrons. The van der Waals surface area contributed by atoms with Crippen LogP contribution < -0.4 is 5.32 Å². The van der Waals surface area contributed by atoms with Gasteiger partial charge in [-0.2, -0.15) is 0 Å². The maximum atomic E-state index is 11.8. The van der Waals surface area contributed by atoms with Gasteiger partial charge in [0, 0.05) is 6.54 Å². The van der Waals surface area contributed by atoms with Crippen LogP contribution in [0.15, 0.2) is 11.4 Å². The molecule has 0 fully saturated rings. The number of thiophene rings is 1. The molecular weight excluding hydrogens is 250 g/mol. The molecule has 4 nitrogen and oxygen atoms in total. The number of amides is 1. The Labute approximate surface area is 111 Å². The molecular formula is C13H19NO3S. The van der Waals surface area contributed by atoms with Crippen LogP contribution >= 0.6 is 11.3 Å². The lowest BCUT2D eigenvalue weighted by atomic mass is 10.2. The second kappa shape index (κ2) is 6.54. The van der Waals surface area contributed by atoms with Crippen LogP contribution in [0.25, 0.3) is 0 Å². The van der Waals surface area contributed by atoms with E-state index in [0.717, 1.165) is 5.56 Å². The lowest BCUT2D eigenvalue weighted by Gasteiger charge is -2.14. The van der Waals surface area contributed by atoms with Crippen LogP contribution in [0.1, 0.15) is 36.0 Å². The first kappa shape index (κ1) is 14.7. The highest BCUT2D eigenvalue weighted by atomic mass is 32.1. The maximum absolute atomic E-state index is 11.8. The Balaban J connectivity index is 2.49. The molecule has 18 heavy (non-hydrogen) atoms. The lowest BCUT2D eigenvalue weighted by molar-refractivity contribution is -0.129. The highest BCUT2D eigenvalue weighted by Crippen LogP contribution is 2.17. The minimum Gasteiger partial charge on any atom is -0.448 e. The van der Waals surface area contributed by atoms with Gasteiger partial charge in [-0.05, 0) is 36.8 Å². The first-order chi connectivity index (χ1) is 8.41. The Kier molecular flexibility index (Phi) is 5.34. The number of hydrogen-bond acceptors (Lipinski definition) is 4. The summed E-state index contributed by atoms with van der Waals surface area (Å²) < 4.78 is 5.13. The van der Waals surface area contributed by atoms with E-state index in [0.29, 0.717) is 17.3 Å². The zero-order chi connectivity index (χ0) is 13.7. The first-order valence-electron chi connectivity index (χ1n) is 5.94. The van der Waals surface area contributed by atoms with Crippen molar-refractivity contribution in [2.75, 3.05) is 6.54 Å². The summed E-state index contributed by atoms with van der Waals surface area (Å²) in [5.41, 5.74) is 0.875. The third kappa shape index (κ3) is 4.14. The van der Waals surface area contributed by atoms with Gasteiger partial charge in [-0.1, -0.05) is 13.8 Å². The molecule has 0 spiro atoms. The number of carbonyl (C=O) groups excluding carboxylic acids is 2. The van der Waals surface area contributed by atoms with E-state index in [1.807, 2.05) is 32.2 Å². The zero-order valence-corrected chi connectivity index (χ0v) is 12.0. The van der Waals surface area contributed by atoms with Crippen molar-refractivity contribution < 1.29 is 14.3 Å². The number of nitrogens with one attached hydrogen (secondary N) is 1. The molecule has 1 aromatic rings. The molecule has 1 N–H and O–H groups in total. The van der Waals surface area contributed by atoms with Gasteiger partial charge in [-0.15, -0.1) is 11.3 Å². The predicted molar refractivity (Wildman–Crippen MR) is 71.8 cm³/mol. The zero-order valence-electron chi connectivity index (χ0n) is 11.1. The van der Waals surface area contributed by atoms with E-state index in [9.17, 15) is 9.59 Å². The summed E-state index contributed by atoms with van der Waals surface area (Å²) >= 11 is 1.32. The standard InChI is InChI=1S/C13H19NO3S/c1-8(2)7-14-12(15)10(4)17-13(16)11-9(3)5-6-18-11/h5-6,8,10H,7H2,1-4H3,(H,14,15). The number of esters is 1. The van der Waals surface area contributed by atoms with Gasteiger partial charge in [-0.3, -0.25) is 4.79 Å². The van der Waals surface area contributed by atoms with Crippen molar-refractivity contribution in [3.63, 3.8) is 0 Å². The van der Waals surface area contributed by atoms with Crippen molar-refractivity contribution in [1.82, 2.24) is 5.32 Å². The Morgan fingerprint density at radius 3 is 2.56 bits per heavy atom. The summed E-state index contributed by atoms with van der Waals surface area (Å²) in [6.07, 6.45) is -0.766. The van der Waals surface area contributed by atoms with Crippen molar-refractivity contribution in [1.29, 1.82) is 0 Å². The Morgan fingerprint density at radius 1 is 1.39 bits per heavy atom. The Morgan fingerprint density at radius 2 is 2.06 bits per heavy atom. The number of carbonyl (C=O) groups is 2. The highest BCUT2D eigenvalue weighted by Gasteiger charge is 2.20. The van der Waals surface area contributed by atoms with Crippen LogP contribution in [-0.2, 0) is 9.53 Å². The van der Waals surface area contributed by atoms with Crippen LogP contribution in [0, 0.1) is 12.8 Å². The van der Waals surface area contributed by atoms with Crippen molar-refractivity contribution in [2.45, 2.75) is 33.8 Å². The molecule has 5 heteroatoms. The topological polar surface area (TPSA) is 55.4 Å². The van der Waals surface area contributed by atoms with Gasteiger partial charge in [0.1, 0.15) is 4.88 Å². The molecule has 1 rings (SSSR count). The second-order valence-corrected chi connectivity index (χ2v) is 5.54. The van der Waals surface area contributed by atoms with Gasteiger partial charge in [0.05, 0.1) is 0 Å². The van der Waals surface area contributed by atoms with E-state index in [1.54, 1.807) is 6.92 Å². The fraction of sp³-hybridized carbons (Fsp3) is 0.538. The molecule has 1 aromatic heterocycles. The van der Waals surface area contributed by atoms with Crippen molar-refractivity contribution in [3.05, 3.63) is 21.9 Å². The smallest absolute Gasteiger partial charge is 0.349 e. The molecule has 0 aliphatic rings. The molecule has 0 aliphatic heterocycles. The predicted octanol–water partition coefficient (Wildman–Crippen LogP) is 2.37. The lowest BCUT2D eigenvalue weighted by Crippen LogP contribution is -2.37. The van der Waals surface area contributed by atoms with Gasteiger partial charge in [0.15, 0.2) is 6.10 Å². The summed E-state index contributed by atoms with van der Waals surface area (Å²) in [6.45, 7) is 8.02. The molecule has 1 amide bonds. The SMILES string of the molecule is Cc1ccsc1C(=O)OC(C)C(=O)NCC(C)C. The minimum atomic E-state index is -0.766. The maximum Gasteiger partial charge on any atom is 0.349 e. The molecule has 0 aliphatic carbocycles. The summed E-state index contributed by atoms with van der Waals surface area (Å²) in [5, 5.41) is 4.56. The van der Waals surface area contributed by atoms with Crippen LogP contribution in [-0.4, -0.2) is 24.5 Å². The van der Waals surface area contributed by atoms with Crippen molar-refractivity contribution >= 4 is 23.2 Å². The van der Waals surface area contributed by atoms with Gasteiger partial charge in [0.25, 0.3) is 5.91 Å². The average Bonchev–Trinajstić information content (AvgIpc) is 2.72. The minimum absolute atomic E-state index is 0.258. The van der Waals surface area contributed by atoms with Crippen LogP contribution in [0.2, 0.25) is 0 Å². The monoisotopic (exact) mass is 269 g/mol. The Hall–Kier alpha value is -1.36. The fourth-order valence-electron chi connectivity index (χ4n) is 1.30. The van der Waals surface area contributed by atoms with Gasteiger partial charge in [-0.25, -0.2) is 4.79 Å². The molecule has 0 aromatic carbocycles. The quantitative estimate of drug-likeness (QED) is 0.835. The third-order valence-corrected chi connectivity index (χ3v) is 3.38. The molecule has 0 radical (unpaired) electrons. The molecule has 0 saturated carbocycles. The van der Waals surface area contributed by atoms with E-state index in [2.05, 4.69) is 5.32 Å². The molecule has 1 heterocycles. The summed E-state index contributed by atoms with van der Waals surface area (Å²) in [7, 11) is 0. The first-order valence-corrected chi connectivity index (χ1v) is 6.82. The van der Waals surface area contributed by atoms with Crippen molar-refractivity contribution in [3.8, 4) is 0 Å². The molecule has 1 atom stereocenters. The summed E-state index contributed by atoms with van der Waals surface area (Å²) in [4.78, 5) is 24.0. The third-order valence-electron chi connectivity index (χ3n) is 2.39. The molecule has 0 saturated heterocycles. The van der Waals surface area contributed by atoms with E-state index >= 15 is 0 Å². The van der Waals surface area contributed by atoms with Crippen LogP contribution in [0.4, 0.5) is 0 Å². The number of hydrogen-bond donors (Lipinski definition) is 1. The van der Waals surface area contributed by atoms with Crippen LogP contribution in [0.3, 0.4) is 0 Å². The fourth-order valence-corrected chi connectivity index (χ4v) is 2.10. The molecule has 0 bridgehead atoms. The normalized spacial score (nSPS) is 12.3. The van der Waals surface area contributed by atoms with E-state index in [-0.39, 0.29) is 5.91 Å². The second-order valence-electron chi connectivity index (χ2n) is 4.62. The number of ether oxygens (including phenoxy) is 1. The summed E-state index contributed by atoms with van der Waals surface area (Å²) in [6, 6.07) is 1.85. The van der Waals surface area contributed by atoms with E-state index < -0.39 is 12.1 Å². The molecule has 1 unspecified atom stereocenters. The van der Waals surface area contributed by atoms with Gasteiger partial charge in [0.2, 0.25) is 0 Å². The number of rotatable bonds is 5. The van der Waals surface area contributed by atoms with E-state index in [4.69, 9.17) is 4.74 Å². The highest BCUT2D eigenvalue weighted by molar-refractivity contribution is 7.12. The van der Waals surface area contributed by atoms with Gasteiger partial charge < -0.3 is 10.1 Å². The average molecular weight is 269 g/mol. The largest absolute Gasteiger partial charge is 0.448 e. The van der Waals surface area contributed by atoms with Gasteiger partial charge >= 0.3 is 5.97 Å².